The molecule has 0 unspecified atom stereocenters. The molecule has 9 heteroatoms. The van der Waals surface area contributed by atoms with Gasteiger partial charge in [-0.3, -0.25) is 9.89 Å². The van der Waals surface area contributed by atoms with Crippen LogP contribution in [0.4, 0.5) is 5.13 Å². The van der Waals surface area contributed by atoms with E-state index >= 15 is 0 Å². The van der Waals surface area contributed by atoms with Gasteiger partial charge >= 0.3 is 0 Å². The van der Waals surface area contributed by atoms with Crippen molar-refractivity contribution < 1.29 is 0 Å². The van der Waals surface area contributed by atoms with Crippen LogP contribution in [0.1, 0.15) is 40.4 Å². The molecule has 0 saturated carbocycles. The molecule has 0 bridgehead atoms. The maximum Gasteiger partial charge on any atom is 0.205 e. The first-order valence-corrected chi connectivity index (χ1v) is 10.5. The number of aryl methyl sites for hydroxylation is 1. The zero-order valence-electron chi connectivity index (χ0n) is 17.6. The van der Waals surface area contributed by atoms with Gasteiger partial charge in [0, 0.05) is 76.4 Å². The molecule has 0 atom stereocenters. The molecular weight excluding hydrogens is 473 g/mol. The molecule has 1 aliphatic heterocycles. The van der Waals surface area contributed by atoms with Crippen LogP contribution in [0, 0.1) is 0 Å². The summed E-state index contributed by atoms with van der Waals surface area (Å²) in [6, 6.07) is 1.12. The third kappa shape index (κ3) is 7.01. The molecule has 156 valence electrons. The van der Waals surface area contributed by atoms with E-state index in [0.717, 1.165) is 62.6 Å². The van der Waals surface area contributed by atoms with Crippen molar-refractivity contribution >= 4 is 46.6 Å². The number of halogens is 1. The number of nitrogens with zero attached hydrogens (tertiary/aromatic N) is 6. The van der Waals surface area contributed by atoms with Crippen LogP contribution in [-0.2, 0) is 6.42 Å². The van der Waals surface area contributed by atoms with Crippen molar-refractivity contribution in [3.8, 4) is 0 Å². The molecule has 2 heterocycles. The third-order valence-corrected chi connectivity index (χ3v) is 5.63. The average molecular weight is 510 g/mol. The molecule has 1 N–H and O–H groups in total. The molecule has 2 rings (SSSR count). The number of hydrogen-bond donors (Lipinski definition) is 1. The highest BCUT2D eigenvalue weighted by Crippen LogP contribution is 2.19. The zero-order chi connectivity index (χ0) is 19.1. The quantitative estimate of drug-likeness (QED) is 0.347. The normalized spacial score (nSPS) is 15.7. The van der Waals surface area contributed by atoms with E-state index in [1.807, 2.05) is 7.05 Å². The van der Waals surface area contributed by atoms with Crippen molar-refractivity contribution in [2.75, 3.05) is 51.2 Å². The molecular formula is C18H36IN7S. The summed E-state index contributed by atoms with van der Waals surface area (Å²) in [5.41, 5.74) is 0. The van der Waals surface area contributed by atoms with Gasteiger partial charge in [-0.15, -0.1) is 24.0 Å². The zero-order valence-corrected chi connectivity index (χ0v) is 20.8. The second kappa shape index (κ2) is 12.0. The summed E-state index contributed by atoms with van der Waals surface area (Å²) < 4.78 is 4.40. The van der Waals surface area contributed by atoms with Crippen molar-refractivity contribution in [1.29, 1.82) is 0 Å². The first-order chi connectivity index (χ1) is 12.5. The summed E-state index contributed by atoms with van der Waals surface area (Å²) in [6.07, 6.45) is 0.900. The van der Waals surface area contributed by atoms with E-state index in [0.29, 0.717) is 12.1 Å². The van der Waals surface area contributed by atoms with Gasteiger partial charge in [0.2, 0.25) is 5.13 Å². The van der Waals surface area contributed by atoms with Gasteiger partial charge in [-0.05, 0) is 27.7 Å². The Morgan fingerprint density at radius 3 is 2.30 bits per heavy atom. The van der Waals surface area contributed by atoms with Crippen LogP contribution in [0.25, 0.3) is 0 Å². The smallest absolute Gasteiger partial charge is 0.205 e. The van der Waals surface area contributed by atoms with Crippen LogP contribution in [-0.4, -0.2) is 83.5 Å². The van der Waals surface area contributed by atoms with E-state index in [9.17, 15) is 0 Å². The maximum absolute atomic E-state index is 4.61. The van der Waals surface area contributed by atoms with Crippen molar-refractivity contribution in [3.63, 3.8) is 0 Å². The molecule has 0 aliphatic carbocycles. The van der Waals surface area contributed by atoms with Gasteiger partial charge in [0.25, 0.3) is 0 Å². The van der Waals surface area contributed by atoms with Crippen LogP contribution in [0.3, 0.4) is 0 Å². The lowest BCUT2D eigenvalue weighted by Crippen LogP contribution is -2.53. The molecule has 1 saturated heterocycles. The number of hydrogen-bond acceptors (Lipinski definition) is 6. The van der Waals surface area contributed by atoms with E-state index < -0.39 is 0 Å². The lowest BCUT2D eigenvalue weighted by Gasteiger charge is -2.36. The second-order valence-electron chi connectivity index (χ2n) is 7.22. The SMILES string of the molecule is CCc1nsc(N2CCN(C(=NC)NCCN(C(C)C)C(C)C)CC2)n1.I. The largest absolute Gasteiger partial charge is 0.355 e. The van der Waals surface area contributed by atoms with Crippen molar-refractivity contribution in [2.24, 2.45) is 4.99 Å². The van der Waals surface area contributed by atoms with Gasteiger partial charge in [-0.2, -0.15) is 4.37 Å². The molecule has 27 heavy (non-hydrogen) atoms. The Morgan fingerprint density at radius 2 is 1.81 bits per heavy atom. The highest BCUT2D eigenvalue weighted by Gasteiger charge is 2.22. The molecule has 0 amide bonds. The summed E-state index contributed by atoms with van der Waals surface area (Å²) in [4.78, 5) is 16.3. The molecule has 7 nitrogen and oxygen atoms in total. The fourth-order valence-corrected chi connectivity index (χ4v) is 4.17. The van der Waals surface area contributed by atoms with Gasteiger partial charge < -0.3 is 15.1 Å². The molecule has 1 fully saturated rings. The number of anilines is 1. The standard InChI is InChI=1S/C18H35N7S.HI/c1-7-16-21-18(26-22-16)24-12-10-23(11-13-24)17(19-6)20-8-9-25(14(2)3)15(4)5;/h14-15H,7-13H2,1-6H3,(H,19,20);1H. The molecule has 0 spiro atoms. The minimum Gasteiger partial charge on any atom is -0.355 e. The summed E-state index contributed by atoms with van der Waals surface area (Å²) in [5, 5.41) is 4.59. The fourth-order valence-electron chi connectivity index (χ4n) is 3.37. The average Bonchev–Trinajstić information content (AvgIpc) is 3.10. The summed E-state index contributed by atoms with van der Waals surface area (Å²) >= 11 is 1.51. The van der Waals surface area contributed by atoms with E-state index in [2.05, 4.69) is 69.0 Å². The van der Waals surface area contributed by atoms with Crippen molar-refractivity contribution in [1.82, 2.24) is 24.5 Å². The Labute approximate surface area is 185 Å². The minimum atomic E-state index is 0. The first kappa shape index (κ1) is 24.4. The van der Waals surface area contributed by atoms with Crippen molar-refractivity contribution in [2.45, 2.75) is 53.1 Å². The van der Waals surface area contributed by atoms with Gasteiger partial charge in [0.05, 0.1) is 0 Å². The van der Waals surface area contributed by atoms with Crippen LogP contribution in [0.5, 0.6) is 0 Å². The van der Waals surface area contributed by atoms with Gasteiger partial charge in [0.1, 0.15) is 5.82 Å². The van der Waals surface area contributed by atoms with Crippen LogP contribution < -0.4 is 10.2 Å². The molecule has 0 radical (unpaired) electrons. The number of nitrogens with one attached hydrogen (secondary N) is 1. The second-order valence-corrected chi connectivity index (χ2v) is 7.95. The Bertz CT molecular complexity index is 560. The van der Waals surface area contributed by atoms with Crippen LogP contribution in [0.2, 0.25) is 0 Å². The van der Waals surface area contributed by atoms with Gasteiger partial charge in [-0.1, -0.05) is 6.92 Å². The Hall–Kier alpha value is -0.680. The van der Waals surface area contributed by atoms with Crippen LogP contribution >= 0.6 is 35.5 Å². The highest BCUT2D eigenvalue weighted by molar-refractivity contribution is 14.0. The summed E-state index contributed by atoms with van der Waals surface area (Å²) in [7, 11) is 1.87. The Balaban J connectivity index is 0.00000364. The number of guanidine groups is 1. The van der Waals surface area contributed by atoms with Crippen LogP contribution in [0.15, 0.2) is 4.99 Å². The van der Waals surface area contributed by atoms with Gasteiger partial charge in [0.15, 0.2) is 5.96 Å². The topological polar surface area (TPSA) is 59.9 Å². The Kier molecular flexibility index (Phi) is 10.8. The molecule has 1 aromatic heterocycles. The number of rotatable bonds is 7. The van der Waals surface area contributed by atoms with E-state index in [4.69, 9.17) is 0 Å². The third-order valence-electron chi connectivity index (χ3n) is 4.81. The van der Waals surface area contributed by atoms with Gasteiger partial charge in [-0.25, -0.2) is 4.98 Å². The summed E-state index contributed by atoms with van der Waals surface area (Å²) in [5.74, 6) is 1.95. The summed E-state index contributed by atoms with van der Waals surface area (Å²) in [6.45, 7) is 16.9. The number of aromatic nitrogens is 2. The maximum atomic E-state index is 4.61. The number of aliphatic imine (C=N–C) groups is 1. The lowest BCUT2D eigenvalue weighted by molar-refractivity contribution is 0.178. The van der Waals surface area contributed by atoms with E-state index in [1.54, 1.807) is 0 Å². The minimum absolute atomic E-state index is 0. The predicted octanol–water partition coefficient (Wildman–Crippen LogP) is 2.53. The predicted molar refractivity (Wildman–Crippen MR) is 127 cm³/mol. The molecule has 1 aliphatic rings. The van der Waals surface area contributed by atoms with E-state index in [-0.39, 0.29) is 24.0 Å². The lowest BCUT2D eigenvalue weighted by atomic mass is 10.2. The van der Waals surface area contributed by atoms with Crippen molar-refractivity contribution in [3.05, 3.63) is 5.82 Å². The molecule has 1 aromatic rings. The first-order valence-electron chi connectivity index (χ1n) is 9.75. The molecule has 0 aromatic carbocycles. The highest BCUT2D eigenvalue weighted by atomic mass is 127. The monoisotopic (exact) mass is 509 g/mol. The Morgan fingerprint density at radius 1 is 1.19 bits per heavy atom. The fraction of sp³-hybridized carbons (Fsp3) is 0.833. The number of piperazine rings is 1. The van der Waals surface area contributed by atoms with E-state index in [1.165, 1.54) is 11.5 Å².